The molecule has 0 bridgehead atoms. The molecule has 0 aromatic heterocycles. The number of carbonyl (C=O) groups is 1. The second-order valence-electron chi connectivity index (χ2n) is 5.05. The standard InChI is InChI=1S/C17H19FN2O/c1-12-6-5-9-14(18)16(12)20-17(21)15(19)11-10-13-7-3-2-4-8-13/h2-9,15H,10-11,19H2,1H3,(H,20,21). The normalized spacial score (nSPS) is 12.0. The highest BCUT2D eigenvalue weighted by atomic mass is 19.1. The van der Waals surface area contributed by atoms with Gasteiger partial charge in [-0.15, -0.1) is 0 Å². The van der Waals surface area contributed by atoms with Gasteiger partial charge in [0.05, 0.1) is 11.7 Å². The van der Waals surface area contributed by atoms with E-state index in [1.807, 2.05) is 30.3 Å². The molecule has 0 spiro atoms. The molecule has 0 aliphatic rings. The van der Waals surface area contributed by atoms with Crippen LogP contribution in [0.5, 0.6) is 0 Å². The van der Waals surface area contributed by atoms with Gasteiger partial charge in [-0.2, -0.15) is 0 Å². The van der Waals surface area contributed by atoms with E-state index in [0.29, 0.717) is 18.4 Å². The number of hydrogen-bond donors (Lipinski definition) is 2. The van der Waals surface area contributed by atoms with Crippen LogP contribution in [0.15, 0.2) is 48.5 Å². The Morgan fingerprint density at radius 2 is 1.90 bits per heavy atom. The van der Waals surface area contributed by atoms with Gasteiger partial charge >= 0.3 is 0 Å². The maximum Gasteiger partial charge on any atom is 0.241 e. The van der Waals surface area contributed by atoms with Gasteiger partial charge in [-0.1, -0.05) is 42.5 Å². The number of benzene rings is 2. The lowest BCUT2D eigenvalue weighted by atomic mass is 10.1. The van der Waals surface area contributed by atoms with Crippen molar-refractivity contribution in [2.45, 2.75) is 25.8 Å². The lowest BCUT2D eigenvalue weighted by molar-refractivity contribution is -0.117. The van der Waals surface area contributed by atoms with Crippen LogP contribution in [0.25, 0.3) is 0 Å². The fraction of sp³-hybridized carbons (Fsp3) is 0.235. The lowest BCUT2D eigenvalue weighted by Gasteiger charge is -2.14. The van der Waals surface area contributed by atoms with Gasteiger partial charge in [0.25, 0.3) is 0 Å². The average molecular weight is 286 g/mol. The molecule has 2 aromatic carbocycles. The average Bonchev–Trinajstić information content (AvgIpc) is 2.49. The molecule has 110 valence electrons. The molecular formula is C17H19FN2O. The van der Waals surface area contributed by atoms with Gasteiger partial charge in [0.1, 0.15) is 5.82 Å². The number of anilines is 1. The first-order valence-electron chi connectivity index (χ1n) is 6.93. The number of nitrogens with one attached hydrogen (secondary N) is 1. The summed E-state index contributed by atoms with van der Waals surface area (Å²) >= 11 is 0. The Bertz CT molecular complexity index is 593. The van der Waals surface area contributed by atoms with Crippen LogP contribution < -0.4 is 11.1 Å². The van der Waals surface area contributed by atoms with Gasteiger partial charge in [0.15, 0.2) is 0 Å². The summed E-state index contributed by atoms with van der Waals surface area (Å²) < 4.78 is 13.7. The van der Waals surface area contributed by atoms with E-state index in [4.69, 9.17) is 5.73 Å². The van der Waals surface area contributed by atoms with Crippen LogP contribution in [-0.4, -0.2) is 11.9 Å². The topological polar surface area (TPSA) is 55.1 Å². The van der Waals surface area contributed by atoms with E-state index in [1.54, 1.807) is 19.1 Å². The number of aryl methyl sites for hydroxylation is 2. The summed E-state index contributed by atoms with van der Waals surface area (Å²) in [4.78, 5) is 12.0. The quantitative estimate of drug-likeness (QED) is 0.887. The number of para-hydroxylation sites is 1. The second kappa shape index (κ2) is 6.99. The molecule has 1 unspecified atom stereocenters. The van der Waals surface area contributed by atoms with Crippen molar-refractivity contribution < 1.29 is 9.18 Å². The van der Waals surface area contributed by atoms with Gasteiger partial charge in [-0.3, -0.25) is 4.79 Å². The van der Waals surface area contributed by atoms with Crippen LogP contribution in [0.1, 0.15) is 17.5 Å². The maximum atomic E-state index is 13.7. The Hall–Kier alpha value is -2.20. The first kappa shape index (κ1) is 15.2. The molecule has 0 radical (unpaired) electrons. The number of hydrogen-bond acceptors (Lipinski definition) is 2. The van der Waals surface area contributed by atoms with E-state index in [2.05, 4.69) is 5.32 Å². The molecule has 3 nitrogen and oxygen atoms in total. The molecule has 1 atom stereocenters. The van der Waals surface area contributed by atoms with Crippen LogP contribution in [0, 0.1) is 12.7 Å². The highest BCUT2D eigenvalue weighted by Gasteiger charge is 2.16. The van der Waals surface area contributed by atoms with E-state index in [-0.39, 0.29) is 11.6 Å². The van der Waals surface area contributed by atoms with E-state index in [9.17, 15) is 9.18 Å². The first-order chi connectivity index (χ1) is 10.1. The predicted octanol–water partition coefficient (Wildman–Crippen LogP) is 3.03. The number of amides is 1. The Morgan fingerprint density at radius 3 is 2.57 bits per heavy atom. The van der Waals surface area contributed by atoms with Crippen LogP contribution >= 0.6 is 0 Å². The summed E-state index contributed by atoms with van der Waals surface area (Å²) in [6, 6.07) is 13.8. The van der Waals surface area contributed by atoms with Crippen LogP contribution in [0.2, 0.25) is 0 Å². The van der Waals surface area contributed by atoms with Gasteiger partial charge in [0.2, 0.25) is 5.91 Å². The molecule has 0 saturated carbocycles. The Labute approximate surface area is 124 Å². The van der Waals surface area contributed by atoms with Gasteiger partial charge in [-0.05, 0) is 37.0 Å². The number of carbonyl (C=O) groups excluding carboxylic acids is 1. The maximum absolute atomic E-state index is 13.7. The van der Waals surface area contributed by atoms with E-state index in [1.165, 1.54) is 6.07 Å². The second-order valence-corrected chi connectivity index (χ2v) is 5.05. The third-order valence-electron chi connectivity index (χ3n) is 3.39. The third kappa shape index (κ3) is 4.13. The zero-order valence-electron chi connectivity index (χ0n) is 12.0. The summed E-state index contributed by atoms with van der Waals surface area (Å²) in [5.74, 6) is -0.808. The predicted molar refractivity (Wildman–Crippen MR) is 82.5 cm³/mol. The smallest absolute Gasteiger partial charge is 0.241 e. The largest absolute Gasteiger partial charge is 0.322 e. The fourth-order valence-electron chi connectivity index (χ4n) is 2.10. The molecule has 0 heterocycles. The van der Waals surface area contributed by atoms with Crippen molar-refractivity contribution in [2.24, 2.45) is 5.73 Å². The minimum Gasteiger partial charge on any atom is -0.322 e. The van der Waals surface area contributed by atoms with Gasteiger partial charge in [-0.25, -0.2) is 4.39 Å². The SMILES string of the molecule is Cc1cccc(F)c1NC(=O)C(N)CCc1ccccc1. The molecule has 2 rings (SSSR count). The van der Waals surface area contributed by atoms with E-state index in [0.717, 1.165) is 5.56 Å². The Kier molecular flexibility index (Phi) is 5.06. The molecule has 0 saturated heterocycles. The fourth-order valence-corrected chi connectivity index (χ4v) is 2.10. The summed E-state index contributed by atoms with van der Waals surface area (Å²) in [5, 5.41) is 2.58. The first-order valence-corrected chi connectivity index (χ1v) is 6.93. The third-order valence-corrected chi connectivity index (χ3v) is 3.39. The monoisotopic (exact) mass is 286 g/mol. The number of halogens is 1. The minimum atomic E-state index is -0.663. The molecule has 0 fully saturated rings. The number of rotatable bonds is 5. The molecule has 4 heteroatoms. The van der Waals surface area contributed by atoms with Crippen molar-refractivity contribution in [3.8, 4) is 0 Å². The van der Waals surface area contributed by atoms with Crippen molar-refractivity contribution in [1.82, 2.24) is 0 Å². The molecule has 1 amide bonds. The highest BCUT2D eigenvalue weighted by Crippen LogP contribution is 2.19. The van der Waals surface area contributed by atoms with Crippen LogP contribution in [-0.2, 0) is 11.2 Å². The van der Waals surface area contributed by atoms with Gasteiger partial charge in [0, 0.05) is 0 Å². The number of nitrogens with two attached hydrogens (primary N) is 1. The van der Waals surface area contributed by atoms with Crippen molar-refractivity contribution in [3.63, 3.8) is 0 Å². The summed E-state index contributed by atoms with van der Waals surface area (Å²) in [7, 11) is 0. The summed E-state index contributed by atoms with van der Waals surface area (Å²) in [6.45, 7) is 1.74. The van der Waals surface area contributed by atoms with E-state index >= 15 is 0 Å². The molecule has 3 N–H and O–H groups in total. The van der Waals surface area contributed by atoms with Crippen molar-refractivity contribution in [2.75, 3.05) is 5.32 Å². The summed E-state index contributed by atoms with van der Waals surface area (Å²) in [6.07, 6.45) is 1.23. The minimum absolute atomic E-state index is 0.206. The highest BCUT2D eigenvalue weighted by molar-refractivity contribution is 5.95. The molecule has 0 aliphatic carbocycles. The Balaban J connectivity index is 1.94. The Morgan fingerprint density at radius 1 is 1.19 bits per heavy atom. The van der Waals surface area contributed by atoms with Crippen molar-refractivity contribution in [3.05, 3.63) is 65.5 Å². The summed E-state index contributed by atoms with van der Waals surface area (Å²) in [5.41, 5.74) is 7.89. The van der Waals surface area contributed by atoms with Crippen molar-refractivity contribution >= 4 is 11.6 Å². The lowest BCUT2D eigenvalue weighted by Crippen LogP contribution is -2.36. The van der Waals surface area contributed by atoms with Crippen molar-refractivity contribution in [1.29, 1.82) is 0 Å². The van der Waals surface area contributed by atoms with Crippen LogP contribution in [0.4, 0.5) is 10.1 Å². The molecule has 0 aliphatic heterocycles. The molecule has 21 heavy (non-hydrogen) atoms. The van der Waals surface area contributed by atoms with Gasteiger partial charge < -0.3 is 11.1 Å². The molecule has 2 aromatic rings. The van der Waals surface area contributed by atoms with E-state index < -0.39 is 11.9 Å². The van der Waals surface area contributed by atoms with Crippen LogP contribution in [0.3, 0.4) is 0 Å². The zero-order valence-corrected chi connectivity index (χ0v) is 12.0. The zero-order chi connectivity index (χ0) is 15.2. The molecular weight excluding hydrogens is 267 g/mol.